The SMILES string of the molecule is C(=NCCc1c[nH]c2ccccc12)[c-]1cccc1.[Fe].[c-]1[c-][c-][cH-][c-]1. The van der Waals surface area contributed by atoms with Crippen molar-refractivity contribution in [2.45, 2.75) is 6.42 Å². The average Bonchev–Trinajstić information content (AvgIpc) is 3.35. The summed E-state index contributed by atoms with van der Waals surface area (Å²) in [7, 11) is 0. The quantitative estimate of drug-likeness (QED) is 0.325. The normalized spacial score (nSPS) is 10.3. The number of aromatic nitrogens is 1. The van der Waals surface area contributed by atoms with Gasteiger partial charge < -0.3 is 40.3 Å². The van der Waals surface area contributed by atoms with Crippen molar-refractivity contribution in [3.63, 3.8) is 0 Å². The van der Waals surface area contributed by atoms with Crippen molar-refractivity contribution in [2.24, 2.45) is 4.99 Å². The number of para-hydroxylation sites is 1. The molecule has 124 valence electrons. The summed E-state index contributed by atoms with van der Waals surface area (Å²) in [5, 5.41) is 1.31. The van der Waals surface area contributed by atoms with Gasteiger partial charge in [-0.25, -0.2) is 12.1 Å². The van der Waals surface area contributed by atoms with Crippen molar-refractivity contribution in [3.8, 4) is 0 Å². The van der Waals surface area contributed by atoms with Gasteiger partial charge >= 0.3 is 0 Å². The number of benzene rings is 1. The standard InChI is InChI=1S/C16H15N2.C5H.Fe/c1-2-6-13(5-1)11-17-10-9-14-12-18-16-8-4-3-7-15(14)16;1-2-4-5-3-1;/h1-8,11-12,18H,9-10H2;1H;/q-1;-5;. The molecule has 0 saturated heterocycles. The molecule has 2 nitrogen and oxygen atoms in total. The number of fused-ring (bicyclic) bond motifs is 1. The van der Waals surface area contributed by atoms with Crippen LogP contribution in [0.2, 0.25) is 0 Å². The van der Waals surface area contributed by atoms with E-state index in [1.54, 1.807) is 6.07 Å². The fourth-order valence-electron chi connectivity index (χ4n) is 2.35. The van der Waals surface area contributed by atoms with Gasteiger partial charge in [0.25, 0.3) is 0 Å². The first kappa shape index (κ1) is 18.0. The van der Waals surface area contributed by atoms with Crippen molar-refractivity contribution in [2.75, 3.05) is 6.54 Å². The van der Waals surface area contributed by atoms with Gasteiger partial charge in [0.05, 0.1) is 0 Å². The number of hydrogen-bond donors (Lipinski definition) is 1. The van der Waals surface area contributed by atoms with Crippen molar-refractivity contribution < 1.29 is 17.1 Å². The zero-order valence-electron chi connectivity index (χ0n) is 13.1. The molecule has 24 heavy (non-hydrogen) atoms. The van der Waals surface area contributed by atoms with Crippen LogP contribution in [-0.4, -0.2) is 17.7 Å². The zero-order chi connectivity index (χ0) is 15.7. The van der Waals surface area contributed by atoms with Crippen LogP contribution in [-0.2, 0) is 23.5 Å². The second-order valence-electron chi connectivity index (χ2n) is 5.05. The topological polar surface area (TPSA) is 28.1 Å². The van der Waals surface area contributed by atoms with E-state index in [9.17, 15) is 0 Å². The number of nitrogens with zero attached hydrogens (tertiary/aromatic N) is 1. The Morgan fingerprint density at radius 3 is 2.54 bits per heavy atom. The third-order valence-electron chi connectivity index (χ3n) is 3.47. The van der Waals surface area contributed by atoms with Crippen LogP contribution in [0.15, 0.2) is 65.8 Å². The smallest absolute Gasteiger partial charge is 0.0456 e. The van der Waals surface area contributed by atoms with Gasteiger partial charge in [-0.1, -0.05) is 18.2 Å². The summed E-state index contributed by atoms with van der Waals surface area (Å²) in [6.07, 6.45) is 5.00. The van der Waals surface area contributed by atoms with Gasteiger partial charge in [-0.05, 0) is 24.3 Å². The van der Waals surface area contributed by atoms with Crippen LogP contribution in [0.3, 0.4) is 0 Å². The molecule has 0 atom stereocenters. The van der Waals surface area contributed by atoms with E-state index in [4.69, 9.17) is 0 Å². The molecule has 0 bridgehead atoms. The van der Waals surface area contributed by atoms with Crippen molar-refractivity contribution in [3.05, 3.63) is 96.2 Å². The first-order valence-corrected chi connectivity index (χ1v) is 7.53. The molecule has 0 fully saturated rings. The van der Waals surface area contributed by atoms with E-state index in [2.05, 4.69) is 76.8 Å². The Morgan fingerprint density at radius 1 is 1.08 bits per heavy atom. The molecule has 3 aromatic carbocycles. The number of H-pyrrole nitrogens is 1. The van der Waals surface area contributed by atoms with Crippen molar-refractivity contribution in [1.29, 1.82) is 0 Å². The molecule has 3 heteroatoms. The Morgan fingerprint density at radius 2 is 1.83 bits per heavy atom. The Balaban J connectivity index is 0.000000300. The monoisotopic (exact) mass is 352 g/mol. The van der Waals surface area contributed by atoms with E-state index >= 15 is 0 Å². The summed E-state index contributed by atoms with van der Waals surface area (Å²) in [6.45, 7) is 0.826. The maximum absolute atomic E-state index is 4.46. The minimum absolute atomic E-state index is 0. The Bertz CT molecular complexity index is 807. The van der Waals surface area contributed by atoms with Crippen LogP contribution in [0, 0.1) is 24.3 Å². The second-order valence-corrected chi connectivity index (χ2v) is 5.05. The third kappa shape index (κ3) is 5.09. The summed E-state index contributed by atoms with van der Waals surface area (Å²) in [5.41, 5.74) is 3.71. The van der Waals surface area contributed by atoms with E-state index in [1.165, 1.54) is 22.0 Å². The van der Waals surface area contributed by atoms with Gasteiger partial charge in [0, 0.05) is 40.7 Å². The summed E-state index contributed by atoms with van der Waals surface area (Å²) >= 11 is 0. The molecule has 0 aliphatic heterocycles. The molecule has 0 spiro atoms. The number of aliphatic imine (C=N–C) groups is 1. The maximum atomic E-state index is 4.46. The molecule has 0 unspecified atom stereocenters. The summed E-state index contributed by atoms with van der Waals surface area (Å²) in [4.78, 5) is 7.75. The minimum atomic E-state index is 0. The zero-order valence-corrected chi connectivity index (χ0v) is 14.2. The van der Waals surface area contributed by atoms with Crippen LogP contribution in [0.1, 0.15) is 11.1 Å². The average molecular weight is 352 g/mol. The van der Waals surface area contributed by atoms with Crippen molar-refractivity contribution >= 4 is 17.1 Å². The number of rotatable bonds is 4. The molecule has 0 aliphatic rings. The maximum Gasteiger partial charge on any atom is 0.0456 e. The first-order valence-electron chi connectivity index (χ1n) is 7.53. The summed E-state index contributed by atoms with van der Waals surface area (Å²) < 4.78 is 0. The van der Waals surface area contributed by atoms with Crippen LogP contribution in [0.4, 0.5) is 0 Å². The predicted molar refractivity (Wildman–Crippen MR) is 93.9 cm³/mol. The molecule has 0 aliphatic carbocycles. The first-order chi connectivity index (χ1) is 11.4. The van der Waals surface area contributed by atoms with Crippen LogP contribution >= 0.6 is 0 Å². The number of aromatic amines is 1. The van der Waals surface area contributed by atoms with Gasteiger partial charge in [0.1, 0.15) is 0 Å². The Hall–Kier alpha value is -2.35. The van der Waals surface area contributed by atoms with Crippen molar-refractivity contribution in [1.82, 2.24) is 4.98 Å². The summed E-state index contributed by atoms with van der Waals surface area (Å²) in [5.74, 6) is 0. The second kappa shape index (κ2) is 9.71. The molecule has 1 N–H and O–H groups in total. The molecule has 0 amide bonds. The molecule has 4 aromatic rings. The predicted octanol–water partition coefficient (Wildman–Crippen LogP) is 4.15. The number of nitrogens with one attached hydrogen (secondary N) is 1. The van der Waals surface area contributed by atoms with Gasteiger partial charge in [0.15, 0.2) is 0 Å². The molecule has 0 saturated carbocycles. The van der Waals surface area contributed by atoms with Gasteiger partial charge in [-0.15, -0.1) is 5.56 Å². The van der Waals surface area contributed by atoms with E-state index in [0.29, 0.717) is 0 Å². The molecular formula is C21H16FeN2-6. The van der Waals surface area contributed by atoms with Gasteiger partial charge in [-0.3, -0.25) is 0 Å². The molecule has 1 heterocycles. The molecule has 4 rings (SSSR count). The molecular weight excluding hydrogens is 336 g/mol. The van der Waals surface area contributed by atoms with E-state index in [0.717, 1.165) is 13.0 Å². The Labute approximate surface area is 153 Å². The molecule has 0 radical (unpaired) electrons. The molecule has 1 aromatic heterocycles. The summed E-state index contributed by atoms with van der Waals surface area (Å²) in [6, 6.07) is 28.6. The third-order valence-corrected chi connectivity index (χ3v) is 3.47. The minimum Gasteiger partial charge on any atom is -0.999 e. The number of hydrogen-bond acceptors (Lipinski definition) is 1. The van der Waals surface area contributed by atoms with Gasteiger partial charge in [-0.2, -0.15) is 12.1 Å². The van der Waals surface area contributed by atoms with Crippen LogP contribution in [0.25, 0.3) is 10.9 Å². The largest absolute Gasteiger partial charge is 0.999 e. The van der Waals surface area contributed by atoms with Gasteiger partial charge in [0.2, 0.25) is 0 Å². The van der Waals surface area contributed by atoms with Crippen LogP contribution < -0.4 is 0 Å². The fraction of sp³-hybridized carbons (Fsp3) is 0.0952. The fourth-order valence-corrected chi connectivity index (χ4v) is 2.35. The van der Waals surface area contributed by atoms with E-state index < -0.39 is 0 Å². The Kier molecular flexibility index (Phi) is 7.28. The van der Waals surface area contributed by atoms with E-state index in [1.807, 2.05) is 18.3 Å². The van der Waals surface area contributed by atoms with Crippen LogP contribution in [0.5, 0.6) is 0 Å². The van der Waals surface area contributed by atoms with E-state index in [-0.39, 0.29) is 17.1 Å².